The number of nitrogen functional groups attached to an aromatic ring is 1. The molecule has 16 heteroatoms. The van der Waals surface area contributed by atoms with Crippen LogP contribution < -0.4 is 15.4 Å². The number of rotatable bonds is 6. The van der Waals surface area contributed by atoms with Gasteiger partial charge in [0.1, 0.15) is 41.0 Å². The van der Waals surface area contributed by atoms with Crippen LogP contribution in [0.2, 0.25) is 0 Å². The van der Waals surface area contributed by atoms with Crippen molar-refractivity contribution in [2.75, 3.05) is 43.9 Å². The lowest BCUT2D eigenvalue weighted by Crippen LogP contribution is -2.44. The highest BCUT2D eigenvalue weighted by Crippen LogP contribution is 2.48. The second-order valence-electron chi connectivity index (χ2n) is 13.5. The summed E-state index contributed by atoms with van der Waals surface area (Å²) in [6, 6.07) is 3.19. The average Bonchev–Trinajstić information content (AvgIpc) is 3.84. The summed E-state index contributed by atoms with van der Waals surface area (Å²) in [7, 11) is 1.59. The lowest BCUT2D eigenvalue weighted by atomic mass is 9.92. The zero-order chi connectivity index (χ0) is 37.3. The monoisotopic (exact) mass is 741 g/mol. The maximum atomic E-state index is 17.2. The van der Waals surface area contributed by atoms with Crippen LogP contribution in [0.4, 0.5) is 37.2 Å². The van der Waals surface area contributed by atoms with Crippen molar-refractivity contribution in [2.45, 2.75) is 69.5 Å². The van der Waals surface area contributed by atoms with Gasteiger partial charge in [0.05, 0.1) is 33.4 Å². The fourth-order valence-corrected chi connectivity index (χ4v) is 9.18. The lowest BCUT2D eigenvalue weighted by Gasteiger charge is -2.33. The van der Waals surface area contributed by atoms with Crippen LogP contribution in [0.25, 0.3) is 32.1 Å². The highest BCUT2D eigenvalue weighted by atomic mass is 32.1. The van der Waals surface area contributed by atoms with Gasteiger partial charge >= 0.3 is 12.2 Å². The molecule has 2 N–H and O–H groups in total. The molecule has 0 saturated carbocycles. The van der Waals surface area contributed by atoms with Gasteiger partial charge in [0.25, 0.3) is 5.91 Å². The fraction of sp³-hybridized carbons (Fsp3) is 0.444. The molecular formula is C36H33F6N7O2S. The number of amides is 1. The third kappa shape index (κ3) is 5.72. The van der Waals surface area contributed by atoms with Gasteiger partial charge in [0.15, 0.2) is 5.82 Å². The number of halogens is 6. The number of anilines is 2. The Morgan fingerprint density at radius 2 is 2.02 bits per heavy atom. The Morgan fingerprint density at radius 1 is 1.25 bits per heavy atom. The smallest absolute Gasteiger partial charge is 0.417 e. The Balaban J connectivity index is 1.44. The highest BCUT2D eigenvalue weighted by molar-refractivity contribution is 7.23. The molecule has 4 aromatic rings. The molecule has 2 aromatic heterocycles. The second kappa shape index (κ2) is 13.0. The molecule has 0 radical (unpaired) electrons. The summed E-state index contributed by atoms with van der Waals surface area (Å²) in [6.45, 7) is 4.52. The number of aromatic nitrogens is 2. The third-order valence-electron chi connectivity index (χ3n) is 10.7. The van der Waals surface area contributed by atoms with Crippen molar-refractivity contribution in [3.8, 4) is 35.0 Å². The van der Waals surface area contributed by atoms with E-state index in [2.05, 4.69) is 21.8 Å². The van der Waals surface area contributed by atoms with Crippen LogP contribution >= 0.6 is 11.3 Å². The number of nitrogens with zero attached hydrogens (tertiary/aromatic N) is 6. The van der Waals surface area contributed by atoms with Crippen molar-refractivity contribution in [1.29, 1.82) is 5.26 Å². The molecule has 9 nitrogen and oxygen atoms in total. The lowest BCUT2D eigenvalue weighted by molar-refractivity contribution is -0.137. The molecule has 3 aliphatic rings. The van der Waals surface area contributed by atoms with Crippen molar-refractivity contribution in [3.63, 3.8) is 0 Å². The van der Waals surface area contributed by atoms with Crippen molar-refractivity contribution in [2.24, 2.45) is 0 Å². The van der Waals surface area contributed by atoms with Gasteiger partial charge in [-0.1, -0.05) is 12.0 Å². The predicted octanol–water partition coefficient (Wildman–Crippen LogP) is 6.67. The van der Waals surface area contributed by atoms with Gasteiger partial charge in [0, 0.05) is 42.9 Å². The van der Waals surface area contributed by atoms with E-state index in [1.807, 2.05) is 11.0 Å². The summed E-state index contributed by atoms with van der Waals surface area (Å²) >= 11 is 0.673. The van der Waals surface area contributed by atoms with Gasteiger partial charge < -0.3 is 20.3 Å². The number of carbonyl (C=O) groups is 1. The first kappa shape index (κ1) is 35.6. The number of benzene rings is 2. The maximum Gasteiger partial charge on any atom is 0.417 e. The Morgan fingerprint density at radius 3 is 2.73 bits per heavy atom. The molecule has 2 aromatic carbocycles. The number of carbonyl (C=O) groups excluding carboxylic acids is 1. The zero-order valence-electron chi connectivity index (χ0n) is 28.4. The van der Waals surface area contributed by atoms with Gasteiger partial charge in [-0.2, -0.15) is 28.4 Å². The van der Waals surface area contributed by atoms with Crippen molar-refractivity contribution in [3.05, 3.63) is 41.0 Å². The molecule has 3 fully saturated rings. The number of likely N-dealkylation sites (tertiary alicyclic amines) is 1. The summed E-state index contributed by atoms with van der Waals surface area (Å²) < 4.78 is 97.7. The van der Waals surface area contributed by atoms with Crippen LogP contribution in [-0.4, -0.2) is 82.8 Å². The molecule has 0 spiro atoms. The molecular weight excluding hydrogens is 708 g/mol. The molecule has 1 amide bonds. The van der Waals surface area contributed by atoms with Gasteiger partial charge in [-0.25, -0.2) is 13.2 Å². The van der Waals surface area contributed by atoms with Gasteiger partial charge in [-0.3, -0.25) is 9.69 Å². The second-order valence-corrected chi connectivity index (χ2v) is 14.6. The molecule has 5 heterocycles. The summed E-state index contributed by atoms with van der Waals surface area (Å²) in [6.07, 6.45) is -4.10. The molecule has 0 bridgehead atoms. The number of thiophene rings is 1. The molecule has 0 aliphatic carbocycles. The quantitative estimate of drug-likeness (QED) is 0.173. The van der Waals surface area contributed by atoms with Crippen molar-refractivity contribution in [1.82, 2.24) is 19.8 Å². The normalized spacial score (nSPS) is 23.2. The van der Waals surface area contributed by atoms with E-state index in [0.717, 1.165) is 24.6 Å². The van der Waals surface area contributed by atoms with Crippen LogP contribution in [0.3, 0.4) is 0 Å². The van der Waals surface area contributed by atoms with Crippen LogP contribution in [0.15, 0.2) is 18.2 Å². The summed E-state index contributed by atoms with van der Waals surface area (Å²) in [5.41, 5.74) is 1.80. The predicted molar refractivity (Wildman–Crippen MR) is 184 cm³/mol. The summed E-state index contributed by atoms with van der Waals surface area (Å²) in [4.78, 5) is 26.7. The Hall–Kier alpha value is -4.80. The number of ether oxygens (including phenoxy) is 1. The topological polar surface area (TPSA) is 112 Å². The summed E-state index contributed by atoms with van der Waals surface area (Å²) in [5, 5.41) is 9.17. The maximum absolute atomic E-state index is 17.2. The molecule has 4 unspecified atom stereocenters. The molecule has 4 atom stereocenters. The number of likely N-dealkylation sites (N-methyl/N-ethyl adjacent to an activating group) is 1. The Kier molecular flexibility index (Phi) is 8.90. The first-order chi connectivity index (χ1) is 24.7. The number of hydrogen-bond acceptors (Lipinski definition) is 9. The molecule has 7 rings (SSSR count). The summed E-state index contributed by atoms with van der Waals surface area (Å²) in [5.74, 6) is 2.38. The van der Waals surface area contributed by atoms with Crippen LogP contribution in [0.1, 0.15) is 50.7 Å². The molecule has 3 aliphatic heterocycles. The van der Waals surface area contributed by atoms with E-state index in [1.54, 1.807) is 23.8 Å². The number of alkyl halides is 4. The van der Waals surface area contributed by atoms with E-state index < -0.39 is 64.2 Å². The van der Waals surface area contributed by atoms with Crippen LogP contribution in [0, 0.1) is 34.8 Å². The van der Waals surface area contributed by atoms with E-state index in [0.29, 0.717) is 37.3 Å². The van der Waals surface area contributed by atoms with E-state index in [1.165, 1.54) is 6.92 Å². The first-order valence-corrected chi connectivity index (χ1v) is 17.5. The van der Waals surface area contributed by atoms with E-state index in [-0.39, 0.29) is 63.0 Å². The van der Waals surface area contributed by atoms with Gasteiger partial charge in [-0.05, 0) is 63.3 Å². The van der Waals surface area contributed by atoms with E-state index in [9.17, 15) is 18.8 Å². The van der Waals surface area contributed by atoms with E-state index >= 15 is 17.6 Å². The zero-order valence-corrected chi connectivity index (χ0v) is 29.2. The van der Waals surface area contributed by atoms with Crippen molar-refractivity contribution >= 4 is 49.1 Å². The van der Waals surface area contributed by atoms with Crippen LogP contribution in [-0.2, 0) is 11.0 Å². The number of nitriles is 1. The average molecular weight is 742 g/mol. The largest absolute Gasteiger partial charge is 0.461 e. The van der Waals surface area contributed by atoms with Crippen LogP contribution in [0.5, 0.6) is 6.01 Å². The Bertz CT molecular complexity index is 2230. The first-order valence-electron chi connectivity index (χ1n) is 16.7. The SMILES string of the molecule is CC#CC(=O)N1CCC(N(C)c2nc(OCC34CCCN3CC(F)C4)nc3c(F)c(-c4ccc(F)c5sc(N)c(C#N)c45)c(C(F)(F)F)cc23)C1C. The van der Waals surface area contributed by atoms with Gasteiger partial charge in [0.2, 0.25) is 0 Å². The number of nitrogens with two attached hydrogens (primary N) is 1. The molecule has 52 heavy (non-hydrogen) atoms. The fourth-order valence-electron chi connectivity index (χ4n) is 8.23. The minimum atomic E-state index is -5.14. The van der Waals surface area contributed by atoms with E-state index in [4.69, 9.17) is 10.5 Å². The molecule has 272 valence electrons. The number of fused-ring (bicyclic) bond motifs is 3. The standard InChI is InChI=1S/C36H33F6N7O2S/c1-4-6-26(50)49-12-9-25(18(49)2)47(3)33-21-13-23(36(40,41)42)28(20-7-8-24(38)31-27(20)22(15-43)32(44)52-31)29(39)30(21)45-34(46-33)51-17-35-10-5-11-48(35)16-19(37)14-35/h7-8,13,18-19,25H,5,9-12,14,16-17,44H2,1-3H3. The minimum absolute atomic E-state index is 0.0344. The minimum Gasteiger partial charge on any atom is -0.461 e. The number of hydrogen-bond donors (Lipinski definition) is 1. The van der Waals surface area contributed by atoms with Gasteiger partial charge in [-0.15, -0.1) is 11.3 Å². The van der Waals surface area contributed by atoms with Crippen molar-refractivity contribution < 1.29 is 35.9 Å². The Labute approximate surface area is 298 Å². The molecule has 3 saturated heterocycles. The third-order valence-corrected chi connectivity index (χ3v) is 11.7. The highest BCUT2D eigenvalue weighted by Gasteiger charge is 2.49.